The average Bonchev–Trinajstić information content (AvgIpc) is 3.07. The summed E-state index contributed by atoms with van der Waals surface area (Å²) in [4.78, 5) is 5.95. The van der Waals surface area contributed by atoms with Crippen molar-refractivity contribution in [3.05, 3.63) is 30.3 Å². The number of nitrogens with zero attached hydrogens (tertiary/aromatic N) is 3. The Morgan fingerprint density at radius 2 is 2.16 bits per heavy atom. The Morgan fingerprint density at radius 3 is 2.84 bits per heavy atom. The Hall–Kier alpha value is -1.95. The van der Waals surface area contributed by atoms with E-state index in [1.807, 2.05) is 30.3 Å². The Kier molecular flexibility index (Phi) is 2.94. The fourth-order valence-corrected chi connectivity index (χ4v) is 2.18. The van der Waals surface area contributed by atoms with E-state index in [2.05, 4.69) is 10.1 Å². The van der Waals surface area contributed by atoms with Crippen LogP contribution in [-0.2, 0) is 0 Å². The summed E-state index contributed by atoms with van der Waals surface area (Å²) in [6.45, 7) is 0.0922. The molecule has 6 heteroatoms. The number of aliphatic hydroxyl groups excluding tert-OH is 1. The largest absolute Gasteiger partial charge is 0.393 e. The molecule has 0 amide bonds. The molecule has 2 aromatic rings. The molecule has 1 fully saturated rings. The van der Waals surface area contributed by atoms with Crippen LogP contribution >= 0.6 is 0 Å². The van der Waals surface area contributed by atoms with Crippen LogP contribution in [0.1, 0.15) is 6.42 Å². The molecule has 1 atom stereocenters. The second kappa shape index (κ2) is 4.62. The molecule has 19 heavy (non-hydrogen) atoms. The maximum Gasteiger partial charge on any atom is 0.266 e. The summed E-state index contributed by atoms with van der Waals surface area (Å²) in [6, 6.07) is 9.41. The lowest BCUT2D eigenvalue weighted by Gasteiger charge is -2.16. The highest BCUT2D eigenvalue weighted by Gasteiger charge is 2.39. The second-order valence-electron chi connectivity index (χ2n) is 4.75. The van der Waals surface area contributed by atoms with Gasteiger partial charge >= 0.3 is 0 Å². The molecule has 0 spiro atoms. The molecule has 0 radical (unpaired) electrons. The van der Waals surface area contributed by atoms with Gasteiger partial charge in [-0.05, 0) is 17.3 Å². The molecule has 0 bridgehead atoms. The predicted molar refractivity (Wildman–Crippen MR) is 67.5 cm³/mol. The van der Waals surface area contributed by atoms with Gasteiger partial charge in [-0.1, -0.05) is 18.2 Å². The minimum absolute atomic E-state index is 0.0945. The van der Waals surface area contributed by atoms with Gasteiger partial charge in [0.25, 0.3) is 11.8 Å². The van der Waals surface area contributed by atoms with Crippen LogP contribution in [0.15, 0.2) is 34.9 Å². The van der Waals surface area contributed by atoms with Crippen LogP contribution < -0.4 is 4.90 Å². The first-order chi connectivity index (χ1) is 9.20. The van der Waals surface area contributed by atoms with Crippen LogP contribution in [0.5, 0.6) is 0 Å². The fourth-order valence-electron chi connectivity index (χ4n) is 2.18. The minimum Gasteiger partial charge on any atom is -0.393 e. The topological polar surface area (TPSA) is 62.4 Å². The Labute approximate surface area is 109 Å². The maximum atomic E-state index is 13.9. The average molecular weight is 263 g/mol. The van der Waals surface area contributed by atoms with Gasteiger partial charge in [0, 0.05) is 18.5 Å². The summed E-state index contributed by atoms with van der Waals surface area (Å²) in [5.74, 6) is 0.780. The van der Waals surface area contributed by atoms with Crippen LogP contribution in [0.2, 0.25) is 0 Å². The first-order valence-electron chi connectivity index (χ1n) is 6.14. The standard InChI is InChI=1S/C13H14FN3O2/c14-13(9-18)6-7-17(8-13)12-15-11(19-16-12)10-4-2-1-3-5-10/h1-5,18H,6-9H2. The highest BCUT2D eigenvalue weighted by atomic mass is 19.1. The number of alkyl halides is 1. The van der Waals surface area contributed by atoms with Crippen LogP contribution in [0, 0.1) is 0 Å². The van der Waals surface area contributed by atoms with Crippen molar-refractivity contribution >= 4 is 5.95 Å². The smallest absolute Gasteiger partial charge is 0.266 e. The van der Waals surface area contributed by atoms with E-state index < -0.39 is 12.3 Å². The summed E-state index contributed by atoms with van der Waals surface area (Å²) in [7, 11) is 0. The quantitative estimate of drug-likeness (QED) is 0.912. The van der Waals surface area contributed by atoms with Gasteiger partial charge in [0.05, 0.1) is 13.2 Å². The first kappa shape index (κ1) is 12.1. The predicted octanol–water partition coefficient (Wildman–Crippen LogP) is 1.65. The molecule has 0 saturated carbocycles. The van der Waals surface area contributed by atoms with Gasteiger partial charge in [-0.25, -0.2) is 4.39 Å². The van der Waals surface area contributed by atoms with Crippen molar-refractivity contribution in [2.24, 2.45) is 0 Å². The molecular formula is C13H14FN3O2. The monoisotopic (exact) mass is 263 g/mol. The van der Waals surface area contributed by atoms with Crippen LogP contribution in [-0.4, -0.2) is 40.6 Å². The van der Waals surface area contributed by atoms with E-state index in [0.717, 1.165) is 5.56 Å². The maximum absolute atomic E-state index is 13.9. The van der Waals surface area contributed by atoms with E-state index in [4.69, 9.17) is 9.63 Å². The Bertz CT molecular complexity index is 560. The number of benzene rings is 1. The minimum atomic E-state index is -1.56. The lowest BCUT2D eigenvalue weighted by molar-refractivity contribution is 0.0909. The van der Waals surface area contributed by atoms with Crippen molar-refractivity contribution in [3.8, 4) is 11.5 Å². The molecule has 5 nitrogen and oxygen atoms in total. The molecule has 1 saturated heterocycles. The van der Waals surface area contributed by atoms with Crippen molar-refractivity contribution < 1.29 is 14.0 Å². The van der Waals surface area contributed by atoms with E-state index in [-0.39, 0.29) is 13.0 Å². The van der Waals surface area contributed by atoms with Crippen molar-refractivity contribution in [1.82, 2.24) is 10.1 Å². The third-order valence-corrected chi connectivity index (χ3v) is 3.31. The zero-order chi connectivity index (χ0) is 13.3. The van der Waals surface area contributed by atoms with Gasteiger partial charge < -0.3 is 14.5 Å². The summed E-state index contributed by atoms with van der Waals surface area (Å²) >= 11 is 0. The molecule has 0 aliphatic carbocycles. The first-order valence-corrected chi connectivity index (χ1v) is 6.14. The Balaban J connectivity index is 1.80. The fraction of sp³-hybridized carbons (Fsp3) is 0.385. The molecule has 2 heterocycles. The third-order valence-electron chi connectivity index (χ3n) is 3.31. The van der Waals surface area contributed by atoms with Gasteiger partial charge in [0.15, 0.2) is 5.67 Å². The van der Waals surface area contributed by atoms with E-state index in [9.17, 15) is 4.39 Å². The molecule has 1 aliphatic heterocycles. The summed E-state index contributed by atoms with van der Waals surface area (Å²) in [5.41, 5.74) is -0.734. The van der Waals surface area contributed by atoms with Crippen molar-refractivity contribution in [2.75, 3.05) is 24.6 Å². The summed E-state index contributed by atoms with van der Waals surface area (Å²) in [6.07, 6.45) is 0.276. The SMILES string of the molecule is OCC1(F)CCN(c2noc(-c3ccccc3)n2)C1. The lowest BCUT2D eigenvalue weighted by Crippen LogP contribution is -2.32. The van der Waals surface area contributed by atoms with E-state index in [0.29, 0.717) is 18.4 Å². The van der Waals surface area contributed by atoms with Crippen molar-refractivity contribution in [3.63, 3.8) is 0 Å². The number of aliphatic hydroxyl groups is 1. The van der Waals surface area contributed by atoms with Gasteiger partial charge in [0.2, 0.25) is 0 Å². The highest BCUT2D eigenvalue weighted by Crippen LogP contribution is 2.29. The lowest BCUT2D eigenvalue weighted by atomic mass is 10.1. The second-order valence-corrected chi connectivity index (χ2v) is 4.75. The molecule has 1 aromatic carbocycles. The molecule has 3 rings (SSSR count). The zero-order valence-electron chi connectivity index (χ0n) is 10.3. The van der Waals surface area contributed by atoms with Crippen molar-refractivity contribution in [1.29, 1.82) is 0 Å². The number of halogens is 1. The van der Waals surface area contributed by atoms with E-state index >= 15 is 0 Å². The number of anilines is 1. The molecular weight excluding hydrogens is 249 g/mol. The number of rotatable bonds is 3. The van der Waals surface area contributed by atoms with Crippen LogP contribution in [0.4, 0.5) is 10.3 Å². The van der Waals surface area contributed by atoms with Gasteiger partial charge in [0.1, 0.15) is 0 Å². The van der Waals surface area contributed by atoms with E-state index in [1.165, 1.54) is 0 Å². The number of hydrogen-bond donors (Lipinski definition) is 1. The zero-order valence-corrected chi connectivity index (χ0v) is 10.3. The highest BCUT2D eigenvalue weighted by molar-refractivity contribution is 5.54. The van der Waals surface area contributed by atoms with Crippen molar-refractivity contribution in [2.45, 2.75) is 12.1 Å². The molecule has 1 aliphatic rings. The number of aromatic nitrogens is 2. The van der Waals surface area contributed by atoms with Gasteiger partial charge in [-0.15, -0.1) is 0 Å². The van der Waals surface area contributed by atoms with Gasteiger partial charge in [-0.3, -0.25) is 0 Å². The third kappa shape index (κ3) is 2.31. The van der Waals surface area contributed by atoms with Crippen LogP contribution in [0.25, 0.3) is 11.5 Å². The summed E-state index contributed by atoms with van der Waals surface area (Å²) < 4.78 is 19.1. The normalized spacial score (nSPS) is 22.9. The van der Waals surface area contributed by atoms with Crippen LogP contribution in [0.3, 0.4) is 0 Å². The van der Waals surface area contributed by atoms with E-state index in [1.54, 1.807) is 4.90 Å². The molecule has 1 unspecified atom stereocenters. The number of hydrogen-bond acceptors (Lipinski definition) is 5. The Morgan fingerprint density at radius 1 is 1.37 bits per heavy atom. The summed E-state index contributed by atoms with van der Waals surface area (Å²) in [5, 5.41) is 12.9. The molecule has 1 aromatic heterocycles. The molecule has 100 valence electrons. The molecule has 1 N–H and O–H groups in total. The van der Waals surface area contributed by atoms with Gasteiger partial charge in [-0.2, -0.15) is 4.98 Å².